The number of hydrogen-bond donors (Lipinski definition) is 1. The summed E-state index contributed by atoms with van der Waals surface area (Å²) in [7, 11) is 1.58. The summed E-state index contributed by atoms with van der Waals surface area (Å²) in [4.78, 5) is 16.6. The van der Waals surface area contributed by atoms with Crippen molar-refractivity contribution in [1.82, 2.24) is 4.98 Å². The molecule has 6 heteroatoms. The molecule has 0 saturated heterocycles. The average molecular weight is 359 g/mol. The molecule has 0 spiro atoms. The second-order valence-electron chi connectivity index (χ2n) is 5.55. The summed E-state index contributed by atoms with van der Waals surface area (Å²) in [5, 5.41) is 12.2. The first-order chi connectivity index (χ1) is 13.2. The number of rotatable bonds is 6. The fraction of sp³-hybridized carbons (Fsp3) is 0.0952. The Bertz CT molecular complexity index is 1020. The molecule has 0 aliphatic rings. The van der Waals surface area contributed by atoms with Crippen LogP contribution in [0.5, 0.6) is 11.5 Å². The molecule has 3 aromatic rings. The predicted molar refractivity (Wildman–Crippen MR) is 104 cm³/mol. The molecular formula is C21H17N3O3. The highest BCUT2D eigenvalue weighted by Gasteiger charge is 2.08. The Labute approximate surface area is 156 Å². The zero-order chi connectivity index (χ0) is 19.1. The van der Waals surface area contributed by atoms with Crippen molar-refractivity contribution in [2.24, 2.45) is 0 Å². The van der Waals surface area contributed by atoms with Crippen LogP contribution in [0.1, 0.15) is 5.56 Å². The molecule has 1 N–H and O–H groups in total. The van der Waals surface area contributed by atoms with Gasteiger partial charge in [-0.3, -0.25) is 9.78 Å². The van der Waals surface area contributed by atoms with Gasteiger partial charge in [0, 0.05) is 17.7 Å². The molecule has 1 aromatic heterocycles. The van der Waals surface area contributed by atoms with Crippen molar-refractivity contribution in [2.75, 3.05) is 19.0 Å². The van der Waals surface area contributed by atoms with Gasteiger partial charge in [-0.25, -0.2) is 0 Å². The molecule has 0 fully saturated rings. The van der Waals surface area contributed by atoms with Crippen LogP contribution >= 0.6 is 0 Å². The van der Waals surface area contributed by atoms with Crippen LogP contribution in [-0.4, -0.2) is 24.6 Å². The summed E-state index contributed by atoms with van der Waals surface area (Å²) in [6, 6.07) is 16.3. The number of methoxy groups -OCH3 is 1. The summed E-state index contributed by atoms with van der Waals surface area (Å²) in [6.07, 6.45) is 4.84. The predicted octanol–water partition coefficient (Wildman–Crippen LogP) is 3.80. The Morgan fingerprint density at radius 1 is 1.22 bits per heavy atom. The molecule has 27 heavy (non-hydrogen) atoms. The number of carbonyl (C=O) groups is 1. The second kappa shape index (κ2) is 8.50. The first-order valence-electron chi connectivity index (χ1n) is 8.22. The second-order valence-corrected chi connectivity index (χ2v) is 5.55. The molecule has 0 aliphatic heterocycles. The maximum Gasteiger partial charge on any atom is 0.248 e. The molecular weight excluding hydrogens is 342 g/mol. The van der Waals surface area contributed by atoms with Crippen molar-refractivity contribution in [3.05, 3.63) is 66.4 Å². The number of hydrogen-bond acceptors (Lipinski definition) is 5. The molecule has 1 amide bonds. The van der Waals surface area contributed by atoms with Gasteiger partial charge in [0.2, 0.25) is 5.91 Å². The van der Waals surface area contributed by atoms with Crippen LogP contribution in [0.15, 0.2) is 60.8 Å². The lowest BCUT2D eigenvalue weighted by molar-refractivity contribution is -0.111. The highest BCUT2D eigenvalue weighted by atomic mass is 16.5. The van der Waals surface area contributed by atoms with E-state index in [1.165, 1.54) is 6.08 Å². The smallest absolute Gasteiger partial charge is 0.248 e. The maximum absolute atomic E-state index is 12.3. The number of benzene rings is 2. The molecule has 6 nitrogen and oxygen atoms in total. The highest BCUT2D eigenvalue weighted by molar-refractivity contribution is 6.07. The Kier molecular flexibility index (Phi) is 5.65. The first kappa shape index (κ1) is 18.0. The minimum absolute atomic E-state index is 0.00225. The molecule has 2 aromatic carbocycles. The minimum Gasteiger partial charge on any atom is -0.494 e. The summed E-state index contributed by atoms with van der Waals surface area (Å²) < 4.78 is 10.5. The standard InChI is InChI=1S/C21H17N3O3/c1-26-19-10-9-18(17-3-2-13-23-21(17)19)24-20(25)11-6-15-4-7-16(8-5-15)27-14-12-22/h2-11,13H,14H2,1H3,(H,24,25). The van der Waals surface area contributed by atoms with Crippen LogP contribution in [0.2, 0.25) is 0 Å². The van der Waals surface area contributed by atoms with Crippen LogP contribution < -0.4 is 14.8 Å². The van der Waals surface area contributed by atoms with Crippen molar-refractivity contribution in [1.29, 1.82) is 5.26 Å². The van der Waals surface area contributed by atoms with Crippen molar-refractivity contribution >= 4 is 28.6 Å². The van der Waals surface area contributed by atoms with Crippen LogP contribution in [-0.2, 0) is 4.79 Å². The van der Waals surface area contributed by atoms with Crippen LogP contribution in [0.25, 0.3) is 17.0 Å². The van der Waals surface area contributed by atoms with Crippen molar-refractivity contribution in [2.45, 2.75) is 0 Å². The van der Waals surface area contributed by atoms with Gasteiger partial charge in [-0.05, 0) is 48.0 Å². The minimum atomic E-state index is -0.255. The van der Waals surface area contributed by atoms with E-state index in [9.17, 15) is 4.79 Å². The zero-order valence-corrected chi connectivity index (χ0v) is 14.7. The van der Waals surface area contributed by atoms with E-state index in [0.717, 1.165) is 10.9 Å². The van der Waals surface area contributed by atoms with Gasteiger partial charge in [-0.1, -0.05) is 12.1 Å². The number of anilines is 1. The van der Waals surface area contributed by atoms with E-state index in [0.29, 0.717) is 22.7 Å². The fourth-order valence-electron chi connectivity index (χ4n) is 2.56. The number of nitrogens with zero attached hydrogens (tertiary/aromatic N) is 2. The summed E-state index contributed by atoms with van der Waals surface area (Å²) in [6.45, 7) is 0.00225. The van der Waals surface area contributed by atoms with Gasteiger partial charge >= 0.3 is 0 Å². The first-order valence-corrected chi connectivity index (χ1v) is 8.22. The lowest BCUT2D eigenvalue weighted by Gasteiger charge is -2.09. The van der Waals surface area contributed by atoms with E-state index in [1.54, 1.807) is 43.6 Å². The lowest BCUT2D eigenvalue weighted by Crippen LogP contribution is -2.08. The lowest BCUT2D eigenvalue weighted by atomic mass is 10.1. The molecule has 0 aliphatic carbocycles. The Hall–Kier alpha value is -3.85. The van der Waals surface area contributed by atoms with Crippen molar-refractivity contribution in [3.63, 3.8) is 0 Å². The van der Waals surface area contributed by atoms with Gasteiger partial charge in [0.15, 0.2) is 6.61 Å². The van der Waals surface area contributed by atoms with Gasteiger partial charge in [0.1, 0.15) is 23.1 Å². The van der Waals surface area contributed by atoms with Crippen molar-refractivity contribution < 1.29 is 14.3 Å². The number of ether oxygens (including phenoxy) is 2. The van der Waals surface area contributed by atoms with Gasteiger partial charge < -0.3 is 14.8 Å². The quantitative estimate of drug-likeness (QED) is 0.677. The molecule has 0 saturated carbocycles. The highest BCUT2D eigenvalue weighted by Crippen LogP contribution is 2.29. The van der Waals surface area contributed by atoms with E-state index < -0.39 is 0 Å². The van der Waals surface area contributed by atoms with Crippen LogP contribution in [0, 0.1) is 11.3 Å². The number of amides is 1. The largest absolute Gasteiger partial charge is 0.494 e. The molecule has 3 rings (SSSR count). The van der Waals surface area contributed by atoms with E-state index in [1.807, 2.05) is 30.3 Å². The monoisotopic (exact) mass is 359 g/mol. The van der Waals surface area contributed by atoms with E-state index >= 15 is 0 Å². The normalized spacial score (nSPS) is 10.5. The van der Waals surface area contributed by atoms with Gasteiger partial charge in [-0.2, -0.15) is 5.26 Å². The van der Waals surface area contributed by atoms with E-state index in [4.69, 9.17) is 14.7 Å². The van der Waals surface area contributed by atoms with Crippen LogP contribution in [0.3, 0.4) is 0 Å². The van der Waals surface area contributed by atoms with Gasteiger partial charge in [0.05, 0.1) is 12.8 Å². The third kappa shape index (κ3) is 4.41. The third-order valence-corrected chi connectivity index (χ3v) is 3.82. The molecule has 0 radical (unpaired) electrons. The SMILES string of the molecule is COc1ccc(NC(=O)C=Cc2ccc(OCC#N)cc2)c2cccnc12. The summed E-state index contributed by atoms with van der Waals surface area (Å²) in [5.74, 6) is 1.00. The number of nitriles is 1. The fourth-order valence-corrected chi connectivity index (χ4v) is 2.56. The number of carbonyl (C=O) groups excluding carboxylic acids is 1. The molecule has 0 unspecified atom stereocenters. The van der Waals surface area contributed by atoms with Crippen LogP contribution in [0.4, 0.5) is 5.69 Å². The maximum atomic E-state index is 12.3. The molecule has 0 atom stereocenters. The average Bonchev–Trinajstić information content (AvgIpc) is 2.72. The Morgan fingerprint density at radius 2 is 2.04 bits per heavy atom. The summed E-state index contributed by atoms with van der Waals surface area (Å²) >= 11 is 0. The van der Waals surface area contributed by atoms with Gasteiger partial charge in [-0.15, -0.1) is 0 Å². The summed E-state index contributed by atoms with van der Waals surface area (Å²) in [5.41, 5.74) is 2.19. The Balaban J connectivity index is 1.72. The zero-order valence-electron chi connectivity index (χ0n) is 14.7. The Morgan fingerprint density at radius 3 is 2.78 bits per heavy atom. The molecule has 1 heterocycles. The van der Waals surface area contributed by atoms with E-state index in [-0.39, 0.29) is 12.5 Å². The number of aromatic nitrogens is 1. The molecule has 0 bridgehead atoms. The van der Waals surface area contributed by atoms with E-state index in [2.05, 4.69) is 10.3 Å². The third-order valence-electron chi connectivity index (χ3n) is 3.82. The van der Waals surface area contributed by atoms with Gasteiger partial charge in [0.25, 0.3) is 0 Å². The topological polar surface area (TPSA) is 84.2 Å². The number of fused-ring (bicyclic) bond motifs is 1. The van der Waals surface area contributed by atoms with Crippen molar-refractivity contribution in [3.8, 4) is 17.6 Å². The number of nitrogens with one attached hydrogen (secondary N) is 1. The number of pyridine rings is 1. The molecule has 134 valence electrons.